The fraction of sp³-hybridized carbons (Fsp3) is 0.133. The second kappa shape index (κ2) is 6.26. The van der Waals surface area contributed by atoms with Crippen LogP contribution in [0.25, 0.3) is 0 Å². The summed E-state index contributed by atoms with van der Waals surface area (Å²) < 4.78 is 11.0. The van der Waals surface area contributed by atoms with Gasteiger partial charge in [-0.3, -0.25) is 0 Å². The van der Waals surface area contributed by atoms with Crippen LogP contribution in [0.15, 0.2) is 42.5 Å². The molecule has 0 fully saturated rings. The molecule has 0 amide bonds. The number of benzene rings is 2. The maximum atomic E-state index is 8.98. The standard InChI is InChI=1S/C15H12BrNO2/c1-18-13-6-11(10-17)7-14(8-13)19-15-5-3-2-4-12(15)9-16/h2-8H,9H2,1H3. The summed E-state index contributed by atoms with van der Waals surface area (Å²) in [7, 11) is 1.56. The smallest absolute Gasteiger partial charge is 0.132 e. The number of halogens is 1. The zero-order valence-corrected chi connectivity index (χ0v) is 12.0. The van der Waals surface area contributed by atoms with Crippen molar-refractivity contribution in [3.05, 3.63) is 53.6 Å². The first-order chi connectivity index (χ1) is 9.26. The van der Waals surface area contributed by atoms with Gasteiger partial charge in [-0.25, -0.2) is 0 Å². The highest BCUT2D eigenvalue weighted by Crippen LogP contribution is 2.30. The van der Waals surface area contributed by atoms with E-state index in [1.165, 1.54) is 0 Å². The molecule has 0 spiro atoms. The normalized spacial score (nSPS) is 9.74. The van der Waals surface area contributed by atoms with Crippen molar-refractivity contribution in [2.45, 2.75) is 5.33 Å². The molecular weight excluding hydrogens is 306 g/mol. The maximum Gasteiger partial charge on any atom is 0.132 e. The number of nitrogens with zero attached hydrogens (tertiary/aromatic N) is 1. The maximum absolute atomic E-state index is 8.98. The Morgan fingerprint density at radius 3 is 2.58 bits per heavy atom. The molecule has 0 heterocycles. The summed E-state index contributed by atoms with van der Waals surface area (Å²) >= 11 is 3.42. The van der Waals surface area contributed by atoms with E-state index in [-0.39, 0.29) is 0 Å². The van der Waals surface area contributed by atoms with Gasteiger partial charge in [0.2, 0.25) is 0 Å². The second-order valence-corrected chi connectivity index (χ2v) is 4.41. The Hall–Kier alpha value is -1.99. The molecule has 4 heteroatoms. The first kappa shape index (κ1) is 13.4. The third-order valence-corrected chi connectivity index (χ3v) is 3.19. The summed E-state index contributed by atoms with van der Waals surface area (Å²) in [5.41, 5.74) is 1.55. The van der Waals surface area contributed by atoms with Gasteiger partial charge in [-0.05, 0) is 18.2 Å². The van der Waals surface area contributed by atoms with Crippen molar-refractivity contribution in [1.29, 1.82) is 5.26 Å². The van der Waals surface area contributed by atoms with Gasteiger partial charge < -0.3 is 9.47 Å². The van der Waals surface area contributed by atoms with E-state index >= 15 is 0 Å². The first-order valence-corrected chi connectivity index (χ1v) is 6.80. The zero-order valence-electron chi connectivity index (χ0n) is 10.4. The SMILES string of the molecule is COc1cc(C#N)cc(Oc2ccccc2CBr)c1. The summed E-state index contributed by atoms with van der Waals surface area (Å²) in [6.45, 7) is 0. The van der Waals surface area contributed by atoms with Crippen molar-refractivity contribution >= 4 is 15.9 Å². The molecule has 2 aromatic rings. The molecule has 2 rings (SSSR count). The lowest BCUT2D eigenvalue weighted by Crippen LogP contribution is -1.91. The summed E-state index contributed by atoms with van der Waals surface area (Å²) in [4.78, 5) is 0. The van der Waals surface area contributed by atoms with E-state index in [0.29, 0.717) is 22.4 Å². The summed E-state index contributed by atoms with van der Waals surface area (Å²) in [6.07, 6.45) is 0. The third kappa shape index (κ3) is 3.27. The van der Waals surface area contributed by atoms with Crippen molar-refractivity contribution < 1.29 is 9.47 Å². The van der Waals surface area contributed by atoms with E-state index in [1.54, 1.807) is 25.3 Å². The minimum Gasteiger partial charge on any atom is -0.497 e. The van der Waals surface area contributed by atoms with E-state index in [1.807, 2.05) is 24.3 Å². The van der Waals surface area contributed by atoms with Crippen LogP contribution in [0, 0.1) is 11.3 Å². The third-order valence-electron chi connectivity index (χ3n) is 2.59. The molecular formula is C15H12BrNO2. The molecule has 0 N–H and O–H groups in total. The molecule has 0 aliphatic carbocycles. The highest BCUT2D eigenvalue weighted by Gasteiger charge is 2.06. The zero-order chi connectivity index (χ0) is 13.7. The van der Waals surface area contributed by atoms with Gasteiger partial charge in [0.15, 0.2) is 0 Å². The number of hydrogen-bond donors (Lipinski definition) is 0. The van der Waals surface area contributed by atoms with Crippen LogP contribution in [-0.2, 0) is 5.33 Å². The van der Waals surface area contributed by atoms with Gasteiger partial charge in [-0.15, -0.1) is 0 Å². The van der Waals surface area contributed by atoms with E-state index in [9.17, 15) is 0 Å². The van der Waals surface area contributed by atoms with Crippen LogP contribution in [0.3, 0.4) is 0 Å². The molecule has 0 bridgehead atoms. The fourth-order valence-electron chi connectivity index (χ4n) is 1.65. The first-order valence-electron chi connectivity index (χ1n) is 5.67. The van der Waals surface area contributed by atoms with Crippen molar-refractivity contribution in [2.75, 3.05) is 7.11 Å². The molecule has 19 heavy (non-hydrogen) atoms. The largest absolute Gasteiger partial charge is 0.497 e. The Morgan fingerprint density at radius 2 is 1.89 bits per heavy atom. The number of hydrogen-bond acceptors (Lipinski definition) is 3. The number of methoxy groups -OCH3 is 1. The van der Waals surface area contributed by atoms with E-state index in [0.717, 1.165) is 11.3 Å². The second-order valence-electron chi connectivity index (χ2n) is 3.85. The molecule has 0 atom stereocenters. The van der Waals surface area contributed by atoms with Gasteiger partial charge >= 0.3 is 0 Å². The summed E-state index contributed by atoms with van der Waals surface area (Å²) in [5, 5.41) is 9.69. The van der Waals surface area contributed by atoms with Gasteiger partial charge in [-0.1, -0.05) is 34.1 Å². The number of ether oxygens (including phenoxy) is 2. The van der Waals surface area contributed by atoms with Gasteiger partial charge in [0.1, 0.15) is 17.2 Å². The van der Waals surface area contributed by atoms with E-state index < -0.39 is 0 Å². The number of para-hydroxylation sites is 1. The quantitative estimate of drug-likeness (QED) is 0.791. The predicted octanol–water partition coefficient (Wildman–Crippen LogP) is 4.25. The average Bonchev–Trinajstić information content (AvgIpc) is 2.47. The Bertz CT molecular complexity index is 620. The lowest BCUT2D eigenvalue weighted by molar-refractivity contribution is 0.408. The van der Waals surface area contributed by atoms with Crippen LogP contribution in [0.2, 0.25) is 0 Å². The molecule has 3 nitrogen and oxygen atoms in total. The van der Waals surface area contributed by atoms with Crippen LogP contribution >= 0.6 is 15.9 Å². The molecule has 0 saturated heterocycles. The van der Waals surface area contributed by atoms with Crippen molar-refractivity contribution in [3.63, 3.8) is 0 Å². The Kier molecular flexibility index (Phi) is 4.43. The predicted molar refractivity (Wildman–Crippen MR) is 76.9 cm³/mol. The fourth-order valence-corrected chi connectivity index (χ4v) is 2.12. The van der Waals surface area contributed by atoms with Gasteiger partial charge in [-0.2, -0.15) is 5.26 Å². The molecule has 0 saturated carbocycles. The molecule has 0 radical (unpaired) electrons. The Morgan fingerprint density at radius 1 is 1.16 bits per heavy atom. The molecule has 0 aliphatic heterocycles. The summed E-state index contributed by atoms with van der Waals surface area (Å²) in [5.74, 6) is 1.95. The minimum absolute atomic E-state index is 0.505. The lowest BCUT2D eigenvalue weighted by Gasteiger charge is -2.10. The minimum atomic E-state index is 0.505. The van der Waals surface area contributed by atoms with Crippen molar-refractivity contribution in [1.82, 2.24) is 0 Å². The molecule has 0 aromatic heterocycles. The highest BCUT2D eigenvalue weighted by atomic mass is 79.9. The van der Waals surface area contributed by atoms with Gasteiger partial charge in [0.05, 0.1) is 18.7 Å². The molecule has 0 aliphatic rings. The number of nitriles is 1. The van der Waals surface area contributed by atoms with Crippen LogP contribution in [0.4, 0.5) is 0 Å². The van der Waals surface area contributed by atoms with Crippen LogP contribution in [-0.4, -0.2) is 7.11 Å². The van der Waals surface area contributed by atoms with Crippen LogP contribution < -0.4 is 9.47 Å². The number of alkyl halides is 1. The Labute approximate surface area is 120 Å². The number of rotatable bonds is 4. The van der Waals surface area contributed by atoms with Gasteiger partial charge in [0.25, 0.3) is 0 Å². The summed E-state index contributed by atoms with van der Waals surface area (Å²) in [6, 6.07) is 14.9. The van der Waals surface area contributed by atoms with Gasteiger partial charge in [0, 0.05) is 17.0 Å². The van der Waals surface area contributed by atoms with Crippen molar-refractivity contribution in [3.8, 4) is 23.3 Å². The lowest BCUT2D eigenvalue weighted by atomic mass is 10.2. The van der Waals surface area contributed by atoms with Crippen LogP contribution in [0.1, 0.15) is 11.1 Å². The molecule has 2 aromatic carbocycles. The average molecular weight is 318 g/mol. The molecule has 0 unspecified atom stereocenters. The van der Waals surface area contributed by atoms with Crippen molar-refractivity contribution in [2.24, 2.45) is 0 Å². The van der Waals surface area contributed by atoms with E-state index in [2.05, 4.69) is 22.0 Å². The monoisotopic (exact) mass is 317 g/mol. The Balaban J connectivity index is 2.35. The van der Waals surface area contributed by atoms with E-state index in [4.69, 9.17) is 14.7 Å². The topological polar surface area (TPSA) is 42.2 Å². The highest BCUT2D eigenvalue weighted by molar-refractivity contribution is 9.08. The molecule has 96 valence electrons. The van der Waals surface area contributed by atoms with Crippen LogP contribution in [0.5, 0.6) is 17.2 Å².